The van der Waals surface area contributed by atoms with E-state index in [0.29, 0.717) is 0 Å². The summed E-state index contributed by atoms with van der Waals surface area (Å²) in [4.78, 5) is 0. The van der Waals surface area contributed by atoms with Crippen molar-refractivity contribution in [2.75, 3.05) is 7.05 Å². The lowest BCUT2D eigenvalue weighted by molar-refractivity contribution is 0.747. The molecule has 0 aliphatic rings. The van der Waals surface area contributed by atoms with Crippen LogP contribution in [0.5, 0.6) is 0 Å². The monoisotopic (exact) mass is 226 g/mol. The Bertz CT molecular complexity index is 555. The standard InChI is InChI=1S/C15H18N2/c1-3-4-5-9-17-10-8-14-7-6-13(12-16-2)11-15(14)17/h6-8,10-11,16H,5,9,12H2,1-2H3. The van der Waals surface area contributed by atoms with Gasteiger partial charge in [0.2, 0.25) is 0 Å². The second-order valence-corrected chi connectivity index (χ2v) is 4.11. The molecule has 88 valence electrons. The quantitative estimate of drug-likeness (QED) is 0.793. The number of hydrogen-bond acceptors (Lipinski definition) is 1. The zero-order valence-corrected chi connectivity index (χ0v) is 10.5. The third kappa shape index (κ3) is 2.69. The minimum Gasteiger partial charge on any atom is -0.347 e. The van der Waals surface area contributed by atoms with E-state index in [4.69, 9.17) is 0 Å². The summed E-state index contributed by atoms with van der Waals surface area (Å²) in [6, 6.07) is 8.78. The van der Waals surface area contributed by atoms with Gasteiger partial charge in [-0.3, -0.25) is 0 Å². The second kappa shape index (κ2) is 5.56. The molecule has 0 amide bonds. The fourth-order valence-corrected chi connectivity index (χ4v) is 2.04. The Kier molecular flexibility index (Phi) is 3.85. The smallest absolute Gasteiger partial charge is 0.0483 e. The highest BCUT2D eigenvalue weighted by molar-refractivity contribution is 5.80. The van der Waals surface area contributed by atoms with E-state index in [2.05, 4.69) is 52.2 Å². The first-order valence-electron chi connectivity index (χ1n) is 5.97. The summed E-state index contributed by atoms with van der Waals surface area (Å²) in [5.74, 6) is 6.04. The van der Waals surface area contributed by atoms with Crippen LogP contribution in [0.2, 0.25) is 0 Å². The topological polar surface area (TPSA) is 17.0 Å². The van der Waals surface area contributed by atoms with Gasteiger partial charge < -0.3 is 9.88 Å². The zero-order valence-electron chi connectivity index (χ0n) is 10.5. The van der Waals surface area contributed by atoms with Crippen molar-refractivity contribution >= 4 is 10.9 Å². The molecular weight excluding hydrogens is 208 g/mol. The van der Waals surface area contributed by atoms with Gasteiger partial charge in [0.05, 0.1) is 0 Å². The molecule has 2 heteroatoms. The SMILES string of the molecule is CC#CCCn1ccc2ccc(CNC)cc21. The normalized spacial score (nSPS) is 10.2. The average molecular weight is 226 g/mol. The van der Waals surface area contributed by atoms with Crippen LogP contribution in [0.1, 0.15) is 18.9 Å². The fraction of sp³-hybridized carbons (Fsp3) is 0.333. The van der Waals surface area contributed by atoms with Gasteiger partial charge in [-0.05, 0) is 37.1 Å². The summed E-state index contributed by atoms with van der Waals surface area (Å²) in [6.45, 7) is 3.77. The number of fused-ring (bicyclic) bond motifs is 1. The molecule has 0 fully saturated rings. The van der Waals surface area contributed by atoms with Crippen LogP contribution in [-0.4, -0.2) is 11.6 Å². The Morgan fingerprint density at radius 3 is 2.94 bits per heavy atom. The molecule has 1 aromatic carbocycles. The molecule has 2 aromatic rings. The lowest BCUT2D eigenvalue weighted by Crippen LogP contribution is -2.05. The Morgan fingerprint density at radius 1 is 1.29 bits per heavy atom. The summed E-state index contributed by atoms with van der Waals surface area (Å²) in [5, 5.41) is 4.48. The minimum absolute atomic E-state index is 0.913. The van der Waals surface area contributed by atoms with E-state index in [1.54, 1.807) is 0 Å². The number of benzene rings is 1. The summed E-state index contributed by atoms with van der Waals surface area (Å²) in [6.07, 6.45) is 3.06. The van der Waals surface area contributed by atoms with Gasteiger partial charge in [0.15, 0.2) is 0 Å². The molecule has 0 unspecified atom stereocenters. The van der Waals surface area contributed by atoms with Crippen LogP contribution >= 0.6 is 0 Å². The third-order valence-electron chi connectivity index (χ3n) is 2.87. The molecule has 1 N–H and O–H groups in total. The maximum Gasteiger partial charge on any atom is 0.0483 e. The number of nitrogens with zero attached hydrogens (tertiary/aromatic N) is 1. The highest BCUT2D eigenvalue weighted by Crippen LogP contribution is 2.18. The molecule has 0 radical (unpaired) electrons. The molecule has 0 saturated carbocycles. The molecule has 2 nitrogen and oxygen atoms in total. The van der Waals surface area contributed by atoms with Gasteiger partial charge in [0.25, 0.3) is 0 Å². The highest BCUT2D eigenvalue weighted by atomic mass is 14.9. The van der Waals surface area contributed by atoms with Crippen LogP contribution in [-0.2, 0) is 13.1 Å². The molecular formula is C15H18N2. The molecule has 0 aliphatic carbocycles. The van der Waals surface area contributed by atoms with Gasteiger partial charge in [0.1, 0.15) is 0 Å². The van der Waals surface area contributed by atoms with Crippen LogP contribution in [0.25, 0.3) is 10.9 Å². The van der Waals surface area contributed by atoms with E-state index in [1.165, 1.54) is 16.5 Å². The van der Waals surface area contributed by atoms with Crippen LogP contribution in [0.4, 0.5) is 0 Å². The van der Waals surface area contributed by atoms with Crippen LogP contribution in [0.15, 0.2) is 30.5 Å². The van der Waals surface area contributed by atoms with Crippen molar-refractivity contribution in [2.24, 2.45) is 0 Å². The maximum atomic E-state index is 3.18. The van der Waals surface area contributed by atoms with E-state index in [9.17, 15) is 0 Å². The Balaban J connectivity index is 2.28. The number of aromatic nitrogens is 1. The van der Waals surface area contributed by atoms with Crippen molar-refractivity contribution < 1.29 is 0 Å². The van der Waals surface area contributed by atoms with Crippen LogP contribution in [0, 0.1) is 11.8 Å². The molecule has 0 bridgehead atoms. The summed E-state index contributed by atoms with van der Waals surface area (Å²) in [5.41, 5.74) is 2.62. The first-order valence-corrected chi connectivity index (χ1v) is 5.97. The van der Waals surface area contributed by atoms with Crippen molar-refractivity contribution in [1.29, 1.82) is 0 Å². The van der Waals surface area contributed by atoms with Crippen molar-refractivity contribution in [1.82, 2.24) is 9.88 Å². The van der Waals surface area contributed by atoms with Crippen LogP contribution in [0.3, 0.4) is 0 Å². The Labute approximate surface area is 103 Å². The predicted molar refractivity (Wildman–Crippen MR) is 72.8 cm³/mol. The largest absolute Gasteiger partial charge is 0.347 e. The first kappa shape index (κ1) is 11.8. The molecule has 1 heterocycles. The number of rotatable bonds is 4. The van der Waals surface area contributed by atoms with Crippen molar-refractivity contribution in [3.8, 4) is 11.8 Å². The van der Waals surface area contributed by atoms with Crippen molar-refractivity contribution in [2.45, 2.75) is 26.4 Å². The van der Waals surface area contributed by atoms with Crippen LogP contribution < -0.4 is 5.32 Å². The van der Waals surface area contributed by atoms with Gasteiger partial charge >= 0.3 is 0 Å². The molecule has 0 spiro atoms. The van der Waals surface area contributed by atoms with E-state index in [1.807, 2.05) is 14.0 Å². The summed E-state index contributed by atoms with van der Waals surface area (Å²) >= 11 is 0. The molecule has 1 aromatic heterocycles. The zero-order chi connectivity index (χ0) is 12.1. The van der Waals surface area contributed by atoms with Gasteiger partial charge in [-0.15, -0.1) is 11.8 Å². The second-order valence-electron chi connectivity index (χ2n) is 4.11. The lowest BCUT2D eigenvalue weighted by atomic mass is 10.1. The van der Waals surface area contributed by atoms with Gasteiger partial charge in [-0.25, -0.2) is 0 Å². The van der Waals surface area contributed by atoms with Gasteiger partial charge in [0, 0.05) is 31.2 Å². The van der Waals surface area contributed by atoms with Crippen molar-refractivity contribution in [3.63, 3.8) is 0 Å². The molecule has 17 heavy (non-hydrogen) atoms. The fourth-order valence-electron chi connectivity index (χ4n) is 2.04. The third-order valence-corrected chi connectivity index (χ3v) is 2.87. The Hall–Kier alpha value is -1.72. The minimum atomic E-state index is 0.913. The number of nitrogens with one attached hydrogen (secondary N) is 1. The average Bonchev–Trinajstić information content (AvgIpc) is 2.73. The molecule has 0 saturated heterocycles. The lowest BCUT2D eigenvalue weighted by Gasteiger charge is -2.05. The first-order chi connectivity index (χ1) is 8.35. The van der Waals surface area contributed by atoms with Gasteiger partial charge in [-0.2, -0.15) is 0 Å². The molecule has 0 atom stereocenters. The van der Waals surface area contributed by atoms with Gasteiger partial charge in [-0.1, -0.05) is 12.1 Å². The number of hydrogen-bond donors (Lipinski definition) is 1. The summed E-state index contributed by atoms with van der Waals surface area (Å²) < 4.78 is 2.28. The maximum absolute atomic E-state index is 3.18. The Morgan fingerprint density at radius 2 is 2.18 bits per heavy atom. The molecule has 0 aliphatic heterocycles. The number of aryl methyl sites for hydroxylation is 1. The molecule has 2 rings (SSSR count). The van der Waals surface area contributed by atoms with E-state index in [0.717, 1.165) is 19.5 Å². The summed E-state index contributed by atoms with van der Waals surface area (Å²) in [7, 11) is 1.97. The highest BCUT2D eigenvalue weighted by Gasteiger charge is 2.01. The van der Waals surface area contributed by atoms with Crippen molar-refractivity contribution in [3.05, 3.63) is 36.0 Å². The predicted octanol–water partition coefficient (Wildman–Crippen LogP) is 2.77. The van der Waals surface area contributed by atoms with E-state index < -0.39 is 0 Å². The van der Waals surface area contributed by atoms with E-state index in [-0.39, 0.29) is 0 Å². The van der Waals surface area contributed by atoms with E-state index >= 15 is 0 Å².